The predicted molar refractivity (Wildman–Crippen MR) is 82.4 cm³/mol. The number of carbonyl (C=O) groups excluding carboxylic acids is 1. The Morgan fingerprint density at radius 2 is 2.17 bits per heavy atom. The van der Waals surface area contributed by atoms with E-state index in [1.807, 2.05) is 4.90 Å². The molecule has 1 fully saturated rings. The molecule has 2 aromatic heterocycles. The van der Waals surface area contributed by atoms with Gasteiger partial charge in [0, 0.05) is 25.2 Å². The topological polar surface area (TPSA) is 93.4 Å². The first kappa shape index (κ1) is 15.3. The van der Waals surface area contributed by atoms with E-state index in [0.717, 1.165) is 18.7 Å². The van der Waals surface area contributed by atoms with Gasteiger partial charge in [0.25, 0.3) is 5.91 Å². The number of likely N-dealkylation sites (tertiary alicyclic amines) is 1. The Hall–Kier alpha value is -2.64. The quantitative estimate of drug-likeness (QED) is 0.913. The van der Waals surface area contributed by atoms with Crippen LogP contribution in [0.1, 0.15) is 29.0 Å². The second-order valence-corrected chi connectivity index (χ2v) is 5.45. The minimum atomic E-state index is -0.0223. The van der Waals surface area contributed by atoms with Crippen LogP contribution in [0.4, 0.5) is 5.82 Å². The van der Waals surface area contributed by atoms with Crippen molar-refractivity contribution in [3.63, 3.8) is 0 Å². The van der Waals surface area contributed by atoms with Gasteiger partial charge in [0.2, 0.25) is 5.88 Å². The zero-order valence-corrected chi connectivity index (χ0v) is 13.2. The lowest BCUT2D eigenvalue weighted by molar-refractivity contribution is 0.0716. The summed E-state index contributed by atoms with van der Waals surface area (Å²) in [5.41, 5.74) is 0.539. The number of aromatic nitrogens is 3. The number of rotatable bonds is 4. The summed E-state index contributed by atoms with van der Waals surface area (Å²) in [5.74, 6) is 1.80. The summed E-state index contributed by atoms with van der Waals surface area (Å²) < 4.78 is 10.0. The third kappa shape index (κ3) is 3.41. The fraction of sp³-hybridized carbons (Fsp3) is 0.467. The van der Waals surface area contributed by atoms with Gasteiger partial charge in [-0.2, -0.15) is 0 Å². The Morgan fingerprint density at radius 3 is 2.83 bits per heavy atom. The Labute approximate surface area is 133 Å². The lowest BCUT2D eigenvalue weighted by Gasteiger charge is -2.32. The summed E-state index contributed by atoms with van der Waals surface area (Å²) in [6.07, 6.45) is 4.65. The van der Waals surface area contributed by atoms with Gasteiger partial charge in [-0.3, -0.25) is 4.79 Å². The molecule has 122 valence electrons. The van der Waals surface area contributed by atoms with Crippen LogP contribution in [0.3, 0.4) is 0 Å². The van der Waals surface area contributed by atoms with Gasteiger partial charge in [0.05, 0.1) is 13.3 Å². The van der Waals surface area contributed by atoms with Crippen LogP contribution in [0.5, 0.6) is 5.88 Å². The number of methoxy groups -OCH3 is 1. The van der Waals surface area contributed by atoms with Crippen LogP contribution in [0, 0.1) is 6.92 Å². The van der Waals surface area contributed by atoms with Crippen molar-refractivity contribution >= 4 is 11.7 Å². The Kier molecular flexibility index (Phi) is 4.40. The molecule has 0 saturated carbocycles. The first-order valence-electron chi connectivity index (χ1n) is 7.50. The van der Waals surface area contributed by atoms with Crippen LogP contribution < -0.4 is 10.1 Å². The number of nitrogens with one attached hydrogen (secondary N) is 1. The first-order valence-corrected chi connectivity index (χ1v) is 7.50. The van der Waals surface area contributed by atoms with Crippen molar-refractivity contribution in [3.05, 3.63) is 29.9 Å². The minimum Gasteiger partial charge on any atom is -0.481 e. The van der Waals surface area contributed by atoms with E-state index in [1.165, 1.54) is 12.5 Å². The molecule has 3 heterocycles. The Bertz CT molecular complexity index is 679. The molecule has 23 heavy (non-hydrogen) atoms. The fourth-order valence-electron chi connectivity index (χ4n) is 2.64. The molecule has 1 N–H and O–H groups in total. The molecule has 8 heteroatoms. The fourth-order valence-corrected chi connectivity index (χ4v) is 2.64. The van der Waals surface area contributed by atoms with Gasteiger partial charge < -0.3 is 19.5 Å². The molecular weight excluding hydrogens is 298 g/mol. The molecular formula is C15H19N5O3. The van der Waals surface area contributed by atoms with E-state index < -0.39 is 0 Å². The molecule has 0 radical (unpaired) electrons. The second kappa shape index (κ2) is 6.64. The lowest BCUT2D eigenvalue weighted by Crippen LogP contribution is -2.42. The largest absolute Gasteiger partial charge is 0.481 e. The van der Waals surface area contributed by atoms with Crippen LogP contribution >= 0.6 is 0 Å². The van der Waals surface area contributed by atoms with Gasteiger partial charge in [-0.05, 0) is 19.8 Å². The molecule has 0 unspecified atom stereocenters. The number of amides is 1. The van der Waals surface area contributed by atoms with E-state index >= 15 is 0 Å². The zero-order valence-electron chi connectivity index (χ0n) is 13.2. The summed E-state index contributed by atoms with van der Waals surface area (Å²) in [5, 5.41) is 7.03. The minimum absolute atomic E-state index is 0.0223. The van der Waals surface area contributed by atoms with Crippen LogP contribution in [0.15, 0.2) is 23.1 Å². The van der Waals surface area contributed by atoms with E-state index in [2.05, 4.69) is 20.4 Å². The number of nitrogens with zero attached hydrogens (tertiary/aromatic N) is 4. The van der Waals surface area contributed by atoms with Crippen LogP contribution in [-0.4, -0.2) is 52.2 Å². The number of hydrogen-bond acceptors (Lipinski definition) is 7. The second-order valence-electron chi connectivity index (χ2n) is 5.45. The first-order chi connectivity index (χ1) is 11.2. The van der Waals surface area contributed by atoms with Crippen LogP contribution in [0.2, 0.25) is 0 Å². The summed E-state index contributed by atoms with van der Waals surface area (Å²) in [4.78, 5) is 22.4. The molecule has 0 aliphatic carbocycles. The van der Waals surface area contributed by atoms with E-state index in [9.17, 15) is 4.79 Å². The van der Waals surface area contributed by atoms with Crippen molar-refractivity contribution in [3.8, 4) is 5.88 Å². The number of piperidine rings is 1. The molecule has 0 spiro atoms. The highest BCUT2D eigenvalue weighted by Crippen LogP contribution is 2.19. The molecule has 8 nitrogen and oxygen atoms in total. The van der Waals surface area contributed by atoms with Crippen LogP contribution in [0.25, 0.3) is 0 Å². The van der Waals surface area contributed by atoms with E-state index in [0.29, 0.717) is 30.3 Å². The van der Waals surface area contributed by atoms with E-state index in [-0.39, 0.29) is 11.9 Å². The predicted octanol–water partition coefficient (Wildman–Crippen LogP) is 1.50. The SMILES string of the molecule is COc1cc(NC2CCN(C(=O)c3cnoc3C)CC2)ncn1. The number of aryl methyl sites for hydroxylation is 1. The number of ether oxygens (including phenoxy) is 1. The molecule has 2 aromatic rings. The van der Waals surface area contributed by atoms with E-state index in [4.69, 9.17) is 9.26 Å². The summed E-state index contributed by atoms with van der Waals surface area (Å²) in [6.45, 7) is 3.11. The number of anilines is 1. The maximum atomic E-state index is 12.4. The zero-order chi connectivity index (χ0) is 16.2. The lowest BCUT2D eigenvalue weighted by atomic mass is 10.0. The maximum Gasteiger partial charge on any atom is 0.259 e. The monoisotopic (exact) mass is 317 g/mol. The Balaban J connectivity index is 1.56. The molecule has 3 rings (SSSR count). The molecule has 1 saturated heterocycles. The van der Waals surface area contributed by atoms with Gasteiger partial charge >= 0.3 is 0 Å². The average molecular weight is 317 g/mol. The van der Waals surface area contributed by atoms with Gasteiger partial charge in [0.15, 0.2) is 0 Å². The molecule has 0 aromatic carbocycles. The smallest absolute Gasteiger partial charge is 0.259 e. The standard InChI is InChI=1S/C15H19N5O3/c1-10-12(8-18-23-10)15(21)20-5-3-11(4-6-20)19-13-7-14(22-2)17-9-16-13/h7-9,11H,3-6H2,1-2H3,(H,16,17,19). The summed E-state index contributed by atoms with van der Waals surface area (Å²) in [6, 6.07) is 2.03. The highest BCUT2D eigenvalue weighted by molar-refractivity contribution is 5.94. The normalized spacial score (nSPS) is 15.5. The Morgan fingerprint density at radius 1 is 1.39 bits per heavy atom. The van der Waals surface area contributed by atoms with Gasteiger partial charge in [-0.15, -0.1) is 0 Å². The van der Waals surface area contributed by atoms with Crippen molar-refractivity contribution in [2.45, 2.75) is 25.8 Å². The van der Waals surface area contributed by atoms with Crippen molar-refractivity contribution in [1.82, 2.24) is 20.0 Å². The molecule has 0 atom stereocenters. The molecule has 1 amide bonds. The summed E-state index contributed by atoms with van der Waals surface area (Å²) >= 11 is 0. The number of hydrogen-bond donors (Lipinski definition) is 1. The number of carbonyl (C=O) groups is 1. The third-order valence-corrected chi connectivity index (χ3v) is 3.97. The highest BCUT2D eigenvalue weighted by Gasteiger charge is 2.26. The van der Waals surface area contributed by atoms with Crippen molar-refractivity contribution < 1.29 is 14.1 Å². The van der Waals surface area contributed by atoms with Gasteiger partial charge in [-0.25, -0.2) is 9.97 Å². The maximum absolute atomic E-state index is 12.4. The van der Waals surface area contributed by atoms with Crippen molar-refractivity contribution in [2.75, 3.05) is 25.5 Å². The molecule has 1 aliphatic rings. The van der Waals surface area contributed by atoms with Crippen molar-refractivity contribution in [2.24, 2.45) is 0 Å². The molecule has 0 bridgehead atoms. The molecule has 1 aliphatic heterocycles. The van der Waals surface area contributed by atoms with Crippen LogP contribution in [-0.2, 0) is 0 Å². The highest BCUT2D eigenvalue weighted by atomic mass is 16.5. The third-order valence-electron chi connectivity index (χ3n) is 3.97. The van der Waals surface area contributed by atoms with Crippen molar-refractivity contribution in [1.29, 1.82) is 0 Å². The average Bonchev–Trinajstić information content (AvgIpc) is 3.01. The van der Waals surface area contributed by atoms with E-state index in [1.54, 1.807) is 20.1 Å². The van der Waals surface area contributed by atoms with Gasteiger partial charge in [-0.1, -0.05) is 5.16 Å². The summed E-state index contributed by atoms with van der Waals surface area (Å²) in [7, 11) is 1.57. The van der Waals surface area contributed by atoms with Gasteiger partial charge in [0.1, 0.15) is 23.5 Å².